The van der Waals surface area contributed by atoms with Gasteiger partial charge in [0, 0.05) is 5.02 Å². The summed E-state index contributed by atoms with van der Waals surface area (Å²) >= 11 is 6.20. The molecule has 1 atom stereocenters. The smallest absolute Gasteiger partial charge is 0.259 e. The summed E-state index contributed by atoms with van der Waals surface area (Å²) < 4.78 is 28.6. The van der Waals surface area contributed by atoms with Crippen LogP contribution in [0.5, 0.6) is 0 Å². The molecule has 0 heterocycles. The minimum atomic E-state index is -3.80. The summed E-state index contributed by atoms with van der Waals surface area (Å²) in [5.74, 6) is 0. The van der Waals surface area contributed by atoms with Gasteiger partial charge in [0.25, 0.3) is 10.0 Å². The zero-order chi connectivity index (χ0) is 19.6. The van der Waals surface area contributed by atoms with E-state index in [0.29, 0.717) is 10.7 Å². The largest absolute Gasteiger partial charge is 0.264 e. The van der Waals surface area contributed by atoms with Crippen molar-refractivity contribution < 1.29 is 8.42 Å². The van der Waals surface area contributed by atoms with Gasteiger partial charge in [-0.1, -0.05) is 65.7 Å². The first kappa shape index (κ1) is 19.5. The van der Waals surface area contributed by atoms with Crippen molar-refractivity contribution in [1.29, 1.82) is 0 Å². The van der Waals surface area contributed by atoms with Gasteiger partial charge >= 0.3 is 0 Å². The number of anilines is 1. The summed E-state index contributed by atoms with van der Waals surface area (Å²) in [5, 5.41) is 0.437. The van der Waals surface area contributed by atoms with Crippen LogP contribution in [0, 0.1) is 13.8 Å². The Bertz CT molecular complexity index is 1030. The molecule has 3 aromatic rings. The van der Waals surface area contributed by atoms with E-state index >= 15 is 0 Å². The van der Waals surface area contributed by atoms with Crippen LogP contribution in [0.3, 0.4) is 0 Å². The molecule has 0 saturated heterocycles. The van der Waals surface area contributed by atoms with Crippen LogP contribution in [0.2, 0.25) is 5.02 Å². The zero-order valence-electron chi connectivity index (χ0n) is 15.6. The molecular weight excluding hydrogens is 378 g/mol. The molecule has 0 spiro atoms. The van der Waals surface area contributed by atoms with E-state index in [2.05, 4.69) is 0 Å². The summed E-state index contributed by atoms with van der Waals surface area (Å²) in [6.07, 6.45) is 0. The number of halogens is 1. The van der Waals surface area contributed by atoms with E-state index < -0.39 is 10.0 Å². The van der Waals surface area contributed by atoms with Crippen LogP contribution in [0.1, 0.15) is 29.7 Å². The van der Waals surface area contributed by atoms with E-state index in [-0.39, 0.29) is 10.9 Å². The van der Waals surface area contributed by atoms with E-state index in [1.807, 2.05) is 75.4 Å². The summed E-state index contributed by atoms with van der Waals surface area (Å²) in [7, 11) is -3.80. The molecule has 0 aliphatic heterocycles. The van der Waals surface area contributed by atoms with Crippen LogP contribution in [0.15, 0.2) is 77.7 Å². The molecule has 5 heteroatoms. The van der Waals surface area contributed by atoms with Crippen molar-refractivity contribution in [1.82, 2.24) is 0 Å². The number of aryl methyl sites for hydroxylation is 2. The van der Waals surface area contributed by atoms with Crippen molar-refractivity contribution >= 4 is 27.3 Å². The van der Waals surface area contributed by atoms with Crippen molar-refractivity contribution in [3.8, 4) is 0 Å². The summed E-state index contributed by atoms with van der Waals surface area (Å²) in [5.41, 5.74) is 3.45. The number of benzene rings is 3. The van der Waals surface area contributed by atoms with Gasteiger partial charge in [-0.2, -0.15) is 0 Å². The Hall–Kier alpha value is -2.30. The van der Waals surface area contributed by atoms with Crippen molar-refractivity contribution in [2.75, 3.05) is 4.31 Å². The topological polar surface area (TPSA) is 37.4 Å². The van der Waals surface area contributed by atoms with Crippen molar-refractivity contribution in [3.63, 3.8) is 0 Å². The average molecular weight is 400 g/mol. The van der Waals surface area contributed by atoms with Crippen LogP contribution < -0.4 is 4.31 Å². The highest BCUT2D eigenvalue weighted by Gasteiger charge is 2.30. The summed E-state index contributed by atoms with van der Waals surface area (Å²) in [6.45, 7) is 5.72. The molecule has 0 unspecified atom stereocenters. The molecule has 27 heavy (non-hydrogen) atoms. The standard InChI is InChI=1S/C22H22ClNO2S/c1-16-9-12-20(13-10-16)24(18(3)19-7-5-4-6-8-19)27(25,26)21-14-11-17(2)22(23)15-21/h4-15,18H,1-3H3/t18-/m1/s1. The molecule has 0 radical (unpaired) electrons. The fraction of sp³-hybridized carbons (Fsp3) is 0.182. The van der Waals surface area contributed by atoms with E-state index in [1.165, 1.54) is 10.4 Å². The molecule has 0 aliphatic carbocycles. The molecule has 0 bridgehead atoms. The fourth-order valence-corrected chi connectivity index (χ4v) is 4.89. The highest BCUT2D eigenvalue weighted by molar-refractivity contribution is 7.92. The Kier molecular flexibility index (Phi) is 5.59. The monoisotopic (exact) mass is 399 g/mol. The van der Waals surface area contributed by atoms with Gasteiger partial charge in [0.05, 0.1) is 16.6 Å². The van der Waals surface area contributed by atoms with Crippen LogP contribution >= 0.6 is 11.6 Å². The highest BCUT2D eigenvalue weighted by atomic mass is 35.5. The van der Waals surface area contributed by atoms with Crippen molar-refractivity contribution in [2.45, 2.75) is 31.7 Å². The fourth-order valence-electron chi connectivity index (χ4n) is 2.98. The second kappa shape index (κ2) is 7.75. The Balaban J connectivity index is 2.16. The van der Waals surface area contributed by atoms with E-state index in [1.54, 1.807) is 12.1 Å². The van der Waals surface area contributed by atoms with Gasteiger partial charge in [-0.05, 0) is 56.2 Å². The predicted octanol–water partition coefficient (Wildman–Crippen LogP) is 5.91. The molecule has 0 N–H and O–H groups in total. The Labute approximate surface area is 166 Å². The number of hydrogen-bond acceptors (Lipinski definition) is 2. The van der Waals surface area contributed by atoms with Crippen molar-refractivity contribution in [3.05, 3.63) is 94.5 Å². The second-order valence-corrected chi connectivity index (χ2v) is 8.86. The van der Waals surface area contributed by atoms with Crippen LogP contribution in [0.25, 0.3) is 0 Å². The molecule has 3 aromatic carbocycles. The maximum absolute atomic E-state index is 13.6. The minimum Gasteiger partial charge on any atom is -0.259 e. The van der Waals surface area contributed by atoms with Gasteiger partial charge < -0.3 is 0 Å². The number of sulfonamides is 1. The molecule has 0 saturated carbocycles. The maximum Gasteiger partial charge on any atom is 0.264 e. The van der Waals surface area contributed by atoms with Crippen LogP contribution in [-0.2, 0) is 10.0 Å². The number of rotatable bonds is 5. The van der Waals surface area contributed by atoms with E-state index in [9.17, 15) is 8.42 Å². The normalized spacial score (nSPS) is 12.6. The molecule has 3 nitrogen and oxygen atoms in total. The lowest BCUT2D eigenvalue weighted by Gasteiger charge is -2.31. The lowest BCUT2D eigenvalue weighted by atomic mass is 10.1. The van der Waals surface area contributed by atoms with Gasteiger partial charge in [-0.25, -0.2) is 8.42 Å². The van der Waals surface area contributed by atoms with Crippen LogP contribution in [-0.4, -0.2) is 8.42 Å². The Morgan fingerprint density at radius 3 is 2.11 bits per heavy atom. The SMILES string of the molecule is Cc1ccc(N([C@H](C)c2ccccc2)S(=O)(=O)c2ccc(C)c(Cl)c2)cc1. The third-order valence-corrected chi connectivity index (χ3v) is 6.92. The predicted molar refractivity (Wildman–Crippen MR) is 112 cm³/mol. The number of hydrogen-bond donors (Lipinski definition) is 0. The highest BCUT2D eigenvalue weighted by Crippen LogP contribution is 2.34. The van der Waals surface area contributed by atoms with Gasteiger partial charge in [0.2, 0.25) is 0 Å². The first-order valence-corrected chi connectivity index (χ1v) is 10.5. The van der Waals surface area contributed by atoms with E-state index in [4.69, 9.17) is 11.6 Å². The average Bonchev–Trinajstić information content (AvgIpc) is 2.66. The second-order valence-electron chi connectivity index (χ2n) is 6.63. The first-order chi connectivity index (χ1) is 12.8. The number of nitrogens with zero attached hydrogens (tertiary/aromatic N) is 1. The Morgan fingerprint density at radius 2 is 1.52 bits per heavy atom. The van der Waals surface area contributed by atoms with Gasteiger partial charge in [0.15, 0.2) is 0 Å². The molecule has 3 rings (SSSR count). The maximum atomic E-state index is 13.6. The lowest BCUT2D eigenvalue weighted by molar-refractivity contribution is 0.583. The molecule has 140 valence electrons. The lowest BCUT2D eigenvalue weighted by Crippen LogP contribution is -2.33. The quantitative estimate of drug-likeness (QED) is 0.534. The summed E-state index contributed by atoms with van der Waals surface area (Å²) in [4.78, 5) is 0.182. The summed E-state index contributed by atoms with van der Waals surface area (Å²) in [6, 6.07) is 21.6. The third kappa shape index (κ3) is 4.02. The van der Waals surface area contributed by atoms with Gasteiger partial charge in [0.1, 0.15) is 0 Å². The molecule has 0 amide bonds. The van der Waals surface area contributed by atoms with Crippen molar-refractivity contribution in [2.24, 2.45) is 0 Å². The zero-order valence-corrected chi connectivity index (χ0v) is 17.1. The molecule has 0 aliphatic rings. The molecule has 0 aromatic heterocycles. The minimum absolute atomic E-state index is 0.182. The molecule has 0 fully saturated rings. The van der Waals surface area contributed by atoms with Crippen LogP contribution in [0.4, 0.5) is 5.69 Å². The van der Waals surface area contributed by atoms with Gasteiger partial charge in [-0.3, -0.25) is 4.31 Å². The molecular formula is C22H22ClNO2S. The first-order valence-electron chi connectivity index (χ1n) is 8.73. The van der Waals surface area contributed by atoms with Gasteiger partial charge in [-0.15, -0.1) is 0 Å². The van der Waals surface area contributed by atoms with E-state index in [0.717, 1.165) is 16.7 Å². The third-order valence-electron chi connectivity index (χ3n) is 4.62. The Morgan fingerprint density at radius 1 is 0.889 bits per heavy atom.